The zero-order chi connectivity index (χ0) is 26.8. The van der Waals surface area contributed by atoms with E-state index in [9.17, 15) is 24.1 Å². The number of anilines is 3. The van der Waals surface area contributed by atoms with Crippen LogP contribution in [-0.4, -0.2) is 49.1 Å². The second-order valence-corrected chi connectivity index (χ2v) is 7.88. The third-order valence-electron chi connectivity index (χ3n) is 5.38. The number of benzene rings is 3. The van der Waals surface area contributed by atoms with Gasteiger partial charge in [-0.3, -0.25) is 9.59 Å². The summed E-state index contributed by atoms with van der Waals surface area (Å²) in [5.74, 6) is -2.28. The average Bonchev–Trinajstić information content (AvgIpc) is 2.91. The van der Waals surface area contributed by atoms with Crippen molar-refractivity contribution in [2.45, 2.75) is 6.04 Å². The molecule has 1 atom stereocenters. The van der Waals surface area contributed by atoms with Gasteiger partial charge in [-0.2, -0.15) is 0 Å². The van der Waals surface area contributed by atoms with Crippen LogP contribution in [0.15, 0.2) is 90.1 Å². The lowest BCUT2D eigenvalue weighted by Crippen LogP contribution is -2.46. The van der Waals surface area contributed by atoms with Gasteiger partial charge in [-0.05, 0) is 47.1 Å². The zero-order valence-corrected chi connectivity index (χ0v) is 19.9. The maximum absolute atomic E-state index is 13.1. The van der Waals surface area contributed by atoms with Crippen molar-refractivity contribution in [3.05, 3.63) is 95.4 Å². The summed E-state index contributed by atoms with van der Waals surface area (Å²) in [5.41, 5.74) is 1.45. The summed E-state index contributed by atoms with van der Waals surface area (Å²) < 4.78 is 0. The van der Waals surface area contributed by atoms with Crippen LogP contribution in [0.25, 0.3) is 0 Å². The van der Waals surface area contributed by atoms with Crippen molar-refractivity contribution < 1.29 is 24.3 Å². The van der Waals surface area contributed by atoms with Gasteiger partial charge in [0.1, 0.15) is 6.54 Å². The van der Waals surface area contributed by atoms with Crippen LogP contribution in [0, 0.1) is 4.91 Å². The number of carbonyl (C=O) groups is 4. The number of carboxylic acid groups (broad SMARTS) is 1. The summed E-state index contributed by atoms with van der Waals surface area (Å²) in [4.78, 5) is 63.1. The lowest BCUT2D eigenvalue weighted by atomic mass is 10.1. The topological polar surface area (TPSA) is 148 Å². The molecule has 11 nitrogen and oxygen atoms in total. The molecule has 3 rings (SSSR count). The molecule has 0 bridgehead atoms. The first-order valence-corrected chi connectivity index (χ1v) is 11.2. The summed E-state index contributed by atoms with van der Waals surface area (Å²) in [6, 6.07) is 20.9. The summed E-state index contributed by atoms with van der Waals surface area (Å²) in [6.07, 6.45) is 0. The molecule has 0 saturated carbocycles. The van der Waals surface area contributed by atoms with Crippen molar-refractivity contribution in [3.8, 4) is 0 Å². The monoisotopic (exact) mass is 503 g/mol. The highest BCUT2D eigenvalue weighted by Gasteiger charge is 2.23. The van der Waals surface area contributed by atoms with Crippen LogP contribution in [0.4, 0.5) is 21.9 Å². The molecule has 3 aromatic rings. The van der Waals surface area contributed by atoms with Crippen LogP contribution in [0.1, 0.15) is 11.6 Å². The predicted octanol–water partition coefficient (Wildman–Crippen LogP) is 3.40. The molecule has 0 aliphatic heterocycles. The number of carbonyl (C=O) groups excluding carboxylic acids is 3. The Balaban J connectivity index is 1.66. The molecule has 37 heavy (non-hydrogen) atoms. The molecule has 1 unspecified atom stereocenters. The van der Waals surface area contributed by atoms with Crippen LogP contribution in [-0.2, 0) is 14.4 Å². The second-order valence-electron chi connectivity index (χ2n) is 7.88. The Kier molecular flexibility index (Phi) is 9.03. The minimum absolute atomic E-state index is 0.0904. The molecule has 0 aromatic heterocycles. The molecule has 3 aromatic carbocycles. The number of nitrogens with one attached hydrogen (secondary N) is 2. The molecule has 190 valence electrons. The molecule has 0 fully saturated rings. The van der Waals surface area contributed by atoms with Gasteiger partial charge in [0.05, 0.1) is 6.54 Å². The minimum Gasteiger partial charge on any atom is -0.479 e. The lowest BCUT2D eigenvalue weighted by molar-refractivity contribution is -0.138. The third kappa shape index (κ3) is 7.21. The standard InChI is InChI=1S/C26H25N5O6/c1-30(20-11-4-2-5-12-20)23(33)17-31(21-13-6-3-7-14-21)22(32)16-27-26(36)28-19-10-8-9-18(15-19)24(29-37)25(34)35/h2-15,24H,16-17H2,1H3,(H,34,35)(H2,27,28,36). The first-order valence-electron chi connectivity index (χ1n) is 11.2. The summed E-state index contributed by atoms with van der Waals surface area (Å²) >= 11 is 0. The van der Waals surface area contributed by atoms with Crippen LogP contribution >= 0.6 is 0 Å². The maximum atomic E-state index is 13.1. The minimum atomic E-state index is -1.61. The van der Waals surface area contributed by atoms with E-state index in [2.05, 4.69) is 15.8 Å². The van der Waals surface area contributed by atoms with Gasteiger partial charge in [0.25, 0.3) is 0 Å². The fraction of sp³-hybridized carbons (Fsp3) is 0.154. The van der Waals surface area contributed by atoms with Crippen molar-refractivity contribution >= 4 is 40.9 Å². The third-order valence-corrected chi connectivity index (χ3v) is 5.38. The number of hydrogen-bond acceptors (Lipinski definition) is 6. The van der Waals surface area contributed by atoms with E-state index in [0.717, 1.165) is 0 Å². The van der Waals surface area contributed by atoms with E-state index in [1.54, 1.807) is 61.6 Å². The van der Waals surface area contributed by atoms with Crippen LogP contribution < -0.4 is 20.4 Å². The SMILES string of the molecule is CN(C(=O)CN(C(=O)CNC(=O)Nc1cccc(C(N=O)C(=O)O)c1)c1ccccc1)c1ccccc1. The largest absolute Gasteiger partial charge is 0.479 e. The Morgan fingerprint density at radius 1 is 0.865 bits per heavy atom. The molecule has 0 aliphatic carbocycles. The Morgan fingerprint density at radius 3 is 2.08 bits per heavy atom. The van der Waals surface area contributed by atoms with Crippen molar-refractivity contribution in [1.82, 2.24) is 5.32 Å². The number of aliphatic carboxylic acids is 1. The summed E-state index contributed by atoms with van der Waals surface area (Å²) in [7, 11) is 1.61. The molecular weight excluding hydrogens is 478 g/mol. The van der Waals surface area contributed by atoms with Crippen molar-refractivity contribution in [3.63, 3.8) is 0 Å². The van der Waals surface area contributed by atoms with Gasteiger partial charge in [0, 0.05) is 24.1 Å². The number of rotatable bonds is 10. The average molecular weight is 504 g/mol. The summed E-state index contributed by atoms with van der Waals surface area (Å²) in [6.45, 7) is -0.675. The molecule has 0 heterocycles. The predicted molar refractivity (Wildman–Crippen MR) is 138 cm³/mol. The molecule has 0 aliphatic rings. The van der Waals surface area contributed by atoms with Crippen molar-refractivity contribution in [2.24, 2.45) is 5.18 Å². The van der Waals surface area contributed by atoms with Gasteiger partial charge in [-0.25, -0.2) is 9.59 Å². The highest BCUT2D eigenvalue weighted by atomic mass is 16.4. The Labute approximate surface area is 212 Å². The Hall–Kier alpha value is -5.06. The number of urea groups is 1. The molecule has 4 amide bonds. The maximum Gasteiger partial charge on any atom is 0.336 e. The number of likely N-dealkylation sites (N-methyl/N-ethyl adjacent to an activating group) is 1. The van der Waals surface area contributed by atoms with Crippen LogP contribution in [0.5, 0.6) is 0 Å². The number of nitroso groups, excluding NO2 is 1. The van der Waals surface area contributed by atoms with E-state index in [1.807, 2.05) is 6.07 Å². The van der Waals surface area contributed by atoms with Crippen LogP contribution in [0.3, 0.4) is 0 Å². The van der Waals surface area contributed by atoms with E-state index in [1.165, 1.54) is 34.1 Å². The highest BCUT2D eigenvalue weighted by molar-refractivity contribution is 6.05. The van der Waals surface area contributed by atoms with E-state index >= 15 is 0 Å². The molecule has 0 saturated heterocycles. The fourth-order valence-corrected chi connectivity index (χ4v) is 3.43. The van der Waals surface area contributed by atoms with Crippen molar-refractivity contribution in [1.29, 1.82) is 0 Å². The van der Waals surface area contributed by atoms with E-state index < -0.39 is 30.5 Å². The first-order chi connectivity index (χ1) is 17.8. The highest BCUT2D eigenvalue weighted by Crippen LogP contribution is 2.21. The van der Waals surface area contributed by atoms with Crippen LogP contribution in [0.2, 0.25) is 0 Å². The van der Waals surface area contributed by atoms with Gasteiger partial charge in [-0.15, -0.1) is 4.91 Å². The number of para-hydroxylation sites is 2. The van der Waals surface area contributed by atoms with Gasteiger partial charge in [0.2, 0.25) is 17.9 Å². The molecule has 0 radical (unpaired) electrons. The molecule has 0 spiro atoms. The van der Waals surface area contributed by atoms with E-state index in [-0.39, 0.29) is 23.7 Å². The number of carboxylic acids is 1. The van der Waals surface area contributed by atoms with Gasteiger partial charge >= 0.3 is 12.0 Å². The summed E-state index contributed by atoms with van der Waals surface area (Å²) in [5, 5.41) is 16.6. The van der Waals surface area contributed by atoms with E-state index in [4.69, 9.17) is 5.11 Å². The van der Waals surface area contributed by atoms with Crippen molar-refractivity contribution in [2.75, 3.05) is 35.3 Å². The molecule has 11 heteroatoms. The van der Waals surface area contributed by atoms with Gasteiger partial charge < -0.3 is 25.5 Å². The number of nitrogens with zero attached hydrogens (tertiary/aromatic N) is 3. The molecular formula is C26H25N5O6. The quantitative estimate of drug-likeness (QED) is 0.361. The fourth-order valence-electron chi connectivity index (χ4n) is 3.43. The van der Waals surface area contributed by atoms with Gasteiger partial charge in [-0.1, -0.05) is 48.5 Å². The number of hydrogen-bond donors (Lipinski definition) is 3. The second kappa shape index (κ2) is 12.6. The normalized spacial score (nSPS) is 11.1. The van der Waals surface area contributed by atoms with Gasteiger partial charge in [0.15, 0.2) is 0 Å². The Morgan fingerprint density at radius 2 is 1.49 bits per heavy atom. The Bertz CT molecular complexity index is 1270. The smallest absolute Gasteiger partial charge is 0.336 e. The lowest BCUT2D eigenvalue weighted by Gasteiger charge is -2.25. The van der Waals surface area contributed by atoms with E-state index in [0.29, 0.717) is 11.4 Å². The number of amides is 4. The zero-order valence-electron chi connectivity index (χ0n) is 19.9. The first kappa shape index (κ1) is 26.5. The molecule has 3 N–H and O–H groups in total.